The van der Waals surface area contributed by atoms with Gasteiger partial charge >= 0.3 is 29.6 Å². The average Bonchev–Trinajstić information content (AvgIpc) is 3.54. The first-order valence-electron chi connectivity index (χ1n) is 14.4. The number of aromatic nitrogens is 5. The molecule has 46 heavy (non-hydrogen) atoms. The molecule has 1 aliphatic heterocycles. The van der Waals surface area contributed by atoms with E-state index in [0.29, 0.717) is 13.2 Å². The van der Waals surface area contributed by atoms with Gasteiger partial charge in [-0.25, -0.2) is 33.9 Å². The lowest BCUT2D eigenvalue weighted by atomic mass is 10.2. The molecule has 0 amide bonds. The number of imidazole rings is 2. The Hall–Kier alpha value is -5.13. The molecule has 0 radical (unpaired) electrons. The highest BCUT2D eigenvalue weighted by Gasteiger charge is 2.20. The Bertz CT molecular complexity index is 1640. The summed E-state index contributed by atoms with van der Waals surface area (Å²) in [4.78, 5) is 66.0. The van der Waals surface area contributed by atoms with E-state index in [0.717, 1.165) is 86.8 Å². The number of piperazine rings is 1. The molecule has 0 atom stereocenters. The second-order valence-corrected chi connectivity index (χ2v) is 10.0. The number of carboxylic acids is 4. The molecule has 1 fully saturated rings. The van der Waals surface area contributed by atoms with Gasteiger partial charge in [-0.3, -0.25) is 9.47 Å². The number of carboxylic acid groups (broad SMARTS) is 4. The minimum atomic E-state index is -1.82. The van der Waals surface area contributed by atoms with Crippen LogP contribution in [0.1, 0.15) is 19.2 Å². The number of benzene rings is 1. The average molecular weight is 644 g/mol. The van der Waals surface area contributed by atoms with Crippen LogP contribution in [0.5, 0.6) is 0 Å². The highest BCUT2D eigenvalue weighted by molar-refractivity contribution is 6.27. The molecule has 4 aromatic rings. The van der Waals surface area contributed by atoms with Gasteiger partial charge in [-0.2, -0.15) is 0 Å². The third kappa shape index (κ3) is 10.2. The minimum absolute atomic E-state index is 0.0206. The molecular weight excluding hydrogens is 606 g/mol. The van der Waals surface area contributed by atoms with Crippen molar-refractivity contribution in [2.24, 2.45) is 0 Å². The third-order valence-corrected chi connectivity index (χ3v) is 6.98. The maximum absolute atomic E-state index is 12.3. The fourth-order valence-electron chi connectivity index (χ4n) is 4.81. The van der Waals surface area contributed by atoms with Crippen LogP contribution < -0.4 is 5.69 Å². The van der Waals surface area contributed by atoms with Gasteiger partial charge in [0.1, 0.15) is 11.3 Å². The number of aryl methyl sites for hydroxylation is 1. The molecule has 1 aliphatic rings. The first-order chi connectivity index (χ1) is 22.0. The van der Waals surface area contributed by atoms with Crippen molar-refractivity contribution in [2.45, 2.75) is 33.0 Å². The number of nitrogens with one attached hydrogen (secondary N) is 1. The maximum atomic E-state index is 12.3. The van der Waals surface area contributed by atoms with Crippen molar-refractivity contribution in [3.63, 3.8) is 0 Å². The summed E-state index contributed by atoms with van der Waals surface area (Å²) >= 11 is 0. The molecule has 1 saturated heterocycles. The van der Waals surface area contributed by atoms with E-state index < -0.39 is 23.9 Å². The highest BCUT2D eigenvalue weighted by Crippen LogP contribution is 2.17. The van der Waals surface area contributed by atoms with E-state index in [1.165, 1.54) is 0 Å². The number of aromatic amines is 1. The molecular formula is C29H37N7O10. The van der Waals surface area contributed by atoms with Crippen LogP contribution in [0.3, 0.4) is 0 Å². The van der Waals surface area contributed by atoms with Crippen LogP contribution in [0, 0.1) is 0 Å². The summed E-state index contributed by atoms with van der Waals surface area (Å²) in [5.74, 6) is -6.24. The topological polar surface area (TPSA) is 233 Å². The van der Waals surface area contributed by atoms with Crippen molar-refractivity contribution in [1.29, 1.82) is 0 Å². The van der Waals surface area contributed by atoms with Gasteiger partial charge in [0.15, 0.2) is 5.65 Å². The van der Waals surface area contributed by atoms with Gasteiger partial charge < -0.3 is 39.6 Å². The number of pyridine rings is 1. The standard InChI is InChI=1S/C25H33N7O2.2C2H2O4/c1-2-34-18-17-32-23(27-21-8-5-10-26-24(21)32)19-30-15-13-29(14-16-30)11-6-12-31-22-9-4-3-7-20(22)28-25(31)33;2*3-1(4)2(5)6/h3-5,7-10H,2,6,11-19H2,1H3,(H,28,33);2*(H,3,4)(H,5,6). The van der Waals surface area contributed by atoms with Crippen molar-refractivity contribution in [2.75, 3.05) is 45.9 Å². The van der Waals surface area contributed by atoms with Gasteiger partial charge in [0.2, 0.25) is 0 Å². The quantitative estimate of drug-likeness (QED) is 0.118. The minimum Gasteiger partial charge on any atom is -0.473 e. The fraction of sp³-hybridized carbons (Fsp3) is 0.414. The Kier molecular flexibility index (Phi) is 13.4. The number of H-pyrrole nitrogens is 1. The first-order valence-corrected chi connectivity index (χ1v) is 14.4. The lowest BCUT2D eigenvalue weighted by Gasteiger charge is -2.34. The number of rotatable bonds is 10. The van der Waals surface area contributed by atoms with E-state index in [-0.39, 0.29) is 5.69 Å². The number of hydrogen-bond donors (Lipinski definition) is 5. The van der Waals surface area contributed by atoms with Crippen molar-refractivity contribution >= 4 is 46.1 Å². The van der Waals surface area contributed by atoms with E-state index in [2.05, 4.69) is 24.3 Å². The largest absolute Gasteiger partial charge is 0.473 e. The van der Waals surface area contributed by atoms with Gasteiger partial charge in [-0.15, -0.1) is 0 Å². The molecule has 0 unspecified atom stereocenters. The zero-order valence-corrected chi connectivity index (χ0v) is 25.2. The van der Waals surface area contributed by atoms with Crippen LogP contribution in [0.25, 0.3) is 22.2 Å². The van der Waals surface area contributed by atoms with Crippen LogP contribution in [0.15, 0.2) is 47.4 Å². The summed E-state index contributed by atoms with van der Waals surface area (Å²) in [7, 11) is 0. The van der Waals surface area contributed by atoms with Gasteiger partial charge in [0, 0.05) is 52.1 Å². The van der Waals surface area contributed by atoms with E-state index in [1.807, 2.05) is 54.1 Å². The second-order valence-electron chi connectivity index (χ2n) is 10.0. The van der Waals surface area contributed by atoms with E-state index in [1.54, 1.807) is 0 Å². The summed E-state index contributed by atoms with van der Waals surface area (Å²) < 4.78 is 9.65. The molecule has 0 aliphatic carbocycles. The lowest BCUT2D eigenvalue weighted by Crippen LogP contribution is -2.46. The number of fused-ring (bicyclic) bond motifs is 2. The highest BCUT2D eigenvalue weighted by atomic mass is 16.5. The van der Waals surface area contributed by atoms with Gasteiger partial charge in [0.25, 0.3) is 0 Å². The van der Waals surface area contributed by atoms with Gasteiger partial charge in [-0.05, 0) is 44.2 Å². The Morgan fingerprint density at radius 2 is 1.46 bits per heavy atom. The Morgan fingerprint density at radius 1 is 0.826 bits per heavy atom. The number of aliphatic carboxylic acids is 4. The lowest BCUT2D eigenvalue weighted by molar-refractivity contribution is -0.159. The van der Waals surface area contributed by atoms with Crippen LogP contribution >= 0.6 is 0 Å². The SMILES string of the molecule is CCOCCn1c(CN2CCN(CCCn3c(=O)[nH]c4ccccc43)CC2)nc2cccnc21.O=C(O)C(=O)O.O=C(O)C(=O)O. The van der Waals surface area contributed by atoms with E-state index >= 15 is 0 Å². The number of ether oxygens (including phenoxy) is 1. The maximum Gasteiger partial charge on any atom is 0.414 e. The zero-order chi connectivity index (χ0) is 33.6. The molecule has 4 heterocycles. The number of nitrogens with zero attached hydrogens (tertiary/aromatic N) is 6. The molecule has 17 heteroatoms. The van der Waals surface area contributed by atoms with E-state index in [4.69, 9.17) is 49.3 Å². The summed E-state index contributed by atoms with van der Waals surface area (Å²) in [5, 5.41) is 29.6. The molecule has 0 spiro atoms. The summed E-state index contributed by atoms with van der Waals surface area (Å²) in [6, 6.07) is 11.9. The van der Waals surface area contributed by atoms with Crippen LogP contribution in [-0.2, 0) is 43.5 Å². The second kappa shape index (κ2) is 17.4. The third-order valence-electron chi connectivity index (χ3n) is 6.98. The normalized spacial score (nSPS) is 13.4. The van der Waals surface area contributed by atoms with Gasteiger partial charge in [0.05, 0.1) is 24.2 Å². The van der Waals surface area contributed by atoms with Crippen LogP contribution in [0.4, 0.5) is 0 Å². The van der Waals surface area contributed by atoms with Crippen molar-refractivity contribution < 1.29 is 44.3 Å². The monoisotopic (exact) mass is 643 g/mol. The molecule has 3 aromatic heterocycles. The van der Waals surface area contributed by atoms with Crippen molar-refractivity contribution in [3.05, 3.63) is 58.9 Å². The van der Waals surface area contributed by atoms with Crippen LogP contribution in [0.2, 0.25) is 0 Å². The summed E-state index contributed by atoms with van der Waals surface area (Å²) in [5.41, 5.74) is 3.75. The summed E-state index contributed by atoms with van der Waals surface area (Å²) in [6.07, 6.45) is 2.79. The molecule has 248 valence electrons. The number of hydrogen-bond acceptors (Lipinski definition) is 10. The predicted molar refractivity (Wildman–Crippen MR) is 163 cm³/mol. The molecule has 17 nitrogen and oxygen atoms in total. The molecule has 5 N–H and O–H groups in total. The molecule has 0 saturated carbocycles. The van der Waals surface area contributed by atoms with Crippen LogP contribution in [-0.4, -0.2) is 124 Å². The molecule has 0 bridgehead atoms. The summed E-state index contributed by atoms with van der Waals surface area (Å²) in [6.45, 7) is 10.8. The number of carbonyl (C=O) groups is 4. The zero-order valence-electron chi connectivity index (χ0n) is 25.2. The molecule has 5 rings (SSSR count). The molecule has 1 aromatic carbocycles. The Morgan fingerprint density at radius 3 is 2.09 bits per heavy atom. The number of para-hydroxylation sites is 2. The van der Waals surface area contributed by atoms with Crippen molar-refractivity contribution in [3.8, 4) is 0 Å². The Labute approximate surface area is 262 Å². The smallest absolute Gasteiger partial charge is 0.414 e. The predicted octanol–water partition coefficient (Wildman–Crippen LogP) is 0.630. The van der Waals surface area contributed by atoms with Crippen molar-refractivity contribution in [1.82, 2.24) is 33.9 Å². The Balaban J connectivity index is 0.000000410. The first kappa shape index (κ1) is 35.4. The fourth-order valence-corrected chi connectivity index (χ4v) is 4.81. The van der Waals surface area contributed by atoms with E-state index in [9.17, 15) is 4.79 Å². The van der Waals surface area contributed by atoms with Gasteiger partial charge in [-0.1, -0.05) is 12.1 Å².